The lowest BCUT2D eigenvalue weighted by molar-refractivity contribution is 0.972. The highest BCUT2D eigenvalue weighted by Gasteiger charge is 2.06. The van der Waals surface area contributed by atoms with E-state index < -0.39 is 0 Å². The van der Waals surface area contributed by atoms with E-state index >= 15 is 0 Å². The predicted molar refractivity (Wildman–Crippen MR) is 71.7 cm³/mol. The molecule has 3 nitrogen and oxygen atoms in total. The first-order valence-corrected chi connectivity index (χ1v) is 5.46. The number of nitrogens with one attached hydrogen (secondary N) is 1. The molecule has 17 heavy (non-hydrogen) atoms. The van der Waals surface area contributed by atoms with E-state index in [1.165, 1.54) is 0 Å². The van der Waals surface area contributed by atoms with Crippen LogP contribution in [-0.4, -0.2) is 4.98 Å². The topological polar surface area (TPSA) is 50.9 Å². The van der Waals surface area contributed by atoms with Gasteiger partial charge in [-0.25, -0.2) is 4.98 Å². The largest absolute Gasteiger partial charge is 0.384 e. The Kier molecular flexibility index (Phi) is 3.40. The fraction of sp³-hybridized carbons (Fsp3) is 0.0714. The lowest BCUT2D eigenvalue weighted by atomic mass is 10.1. The number of benzene rings is 1. The highest BCUT2D eigenvalue weighted by Crippen LogP contribution is 2.19. The standard InChI is InChI=1S/C14H15N3/c1-2-12(11-7-4-3-5-8-11)16-14-10-6-9-13(15)17-14/h2-10,12H,1H2,(H3,15,16,17). The molecule has 0 aliphatic carbocycles. The summed E-state index contributed by atoms with van der Waals surface area (Å²) in [6.45, 7) is 3.83. The fourth-order valence-electron chi connectivity index (χ4n) is 1.63. The van der Waals surface area contributed by atoms with Gasteiger partial charge in [-0.15, -0.1) is 6.58 Å². The molecular weight excluding hydrogens is 210 g/mol. The first kappa shape index (κ1) is 11.2. The Bertz CT molecular complexity index is 494. The maximum absolute atomic E-state index is 5.64. The summed E-state index contributed by atoms with van der Waals surface area (Å²) in [5, 5.41) is 3.28. The Balaban J connectivity index is 2.19. The van der Waals surface area contributed by atoms with Crippen molar-refractivity contribution < 1.29 is 0 Å². The molecule has 0 fully saturated rings. The third kappa shape index (κ3) is 2.84. The Hall–Kier alpha value is -2.29. The molecule has 0 radical (unpaired) electrons. The lowest BCUT2D eigenvalue weighted by Crippen LogP contribution is -2.09. The van der Waals surface area contributed by atoms with E-state index in [9.17, 15) is 0 Å². The number of pyridine rings is 1. The number of nitrogen functional groups attached to an aromatic ring is 1. The van der Waals surface area contributed by atoms with Crippen molar-refractivity contribution in [2.24, 2.45) is 0 Å². The van der Waals surface area contributed by atoms with E-state index in [-0.39, 0.29) is 6.04 Å². The van der Waals surface area contributed by atoms with Gasteiger partial charge in [0.25, 0.3) is 0 Å². The van der Waals surface area contributed by atoms with Gasteiger partial charge in [-0.1, -0.05) is 42.5 Å². The van der Waals surface area contributed by atoms with Crippen LogP contribution in [-0.2, 0) is 0 Å². The summed E-state index contributed by atoms with van der Waals surface area (Å²) in [5.74, 6) is 1.25. The molecule has 0 spiro atoms. The highest BCUT2D eigenvalue weighted by molar-refractivity contribution is 5.45. The van der Waals surface area contributed by atoms with E-state index in [0.717, 1.165) is 11.4 Å². The zero-order valence-electron chi connectivity index (χ0n) is 9.51. The fourth-order valence-corrected chi connectivity index (χ4v) is 1.63. The van der Waals surface area contributed by atoms with Crippen molar-refractivity contribution in [2.45, 2.75) is 6.04 Å². The van der Waals surface area contributed by atoms with Gasteiger partial charge < -0.3 is 11.1 Å². The van der Waals surface area contributed by atoms with Crippen molar-refractivity contribution in [2.75, 3.05) is 11.1 Å². The number of nitrogens with zero attached hydrogens (tertiary/aromatic N) is 1. The number of hydrogen-bond donors (Lipinski definition) is 2. The van der Waals surface area contributed by atoms with Gasteiger partial charge in [-0.3, -0.25) is 0 Å². The molecule has 86 valence electrons. The molecule has 2 rings (SSSR count). The Morgan fingerprint density at radius 3 is 2.53 bits per heavy atom. The van der Waals surface area contributed by atoms with Gasteiger partial charge in [0, 0.05) is 0 Å². The second kappa shape index (κ2) is 5.16. The molecule has 0 aliphatic heterocycles. The zero-order chi connectivity index (χ0) is 12.1. The molecule has 1 heterocycles. The summed E-state index contributed by atoms with van der Waals surface area (Å²) in [6, 6.07) is 15.6. The number of hydrogen-bond acceptors (Lipinski definition) is 3. The number of rotatable bonds is 4. The average molecular weight is 225 g/mol. The first-order chi connectivity index (χ1) is 8.29. The smallest absolute Gasteiger partial charge is 0.129 e. The van der Waals surface area contributed by atoms with Crippen LogP contribution in [0.15, 0.2) is 61.2 Å². The maximum Gasteiger partial charge on any atom is 0.129 e. The van der Waals surface area contributed by atoms with Crippen molar-refractivity contribution >= 4 is 11.6 Å². The summed E-state index contributed by atoms with van der Waals surface area (Å²) in [4.78, 5) is 4.21. The van der Waals surface area contributed by atoms with Gasteiger partial charge in [-0.05, 0) is 17.7 Å². The first-order valence-electron chi connectivity index (χ1n) is 5.46. The Morgan fingerprint density at radius 1 is 1.12 bits per heavy atom. The molecule has 0 saturated carbocycles. The molecule has 2 aromatic rings. The minimum absolute atomic E-state index is 0.0329. The number of anilines is 2. The van der Waals surface area contributed by atoms with Crippen LogP contribution < -0.4 is 11.1 Å². The second-order valence-corrected chi connectivity index (χ2v) is 3.72. The van der Waals surface area contributed by atoms with E-state index in [2.05, 4.69) is 16.9 Å². The van der Waals surface area contributed by atoms with Crippen LogP contribution >= 0.6 is 0 Å². The third-order valence-electron chi connectivity index (χ3n) is 2.47. The zero-order valence-corrected chi connectivity index (χ0v) is 9.51. The normalized spacial score (nSPS) is 11.8. The van der Waals surface area contributed by atoms with Crippen LogP contribution in [0.25, 0.3) is 0 Å². The molecule has 0 saturated heterocycles. The molecular formula is C14H15N3. The molecule has 0 amide bonds. The summed E-state index contributed by atoms with van der Waals surface area (Å²) < 4.78 is 0. The highest BCUT2D eigenvalue weighted by atomic mass is 15.0. The number of nitrogens with two attached hydrogens (primary N) is 1. The van der Waals surface area contributed by atoms with Crippen molar-refractivity contribution in [3.63, 3.8) is 0 Å². The Labute approximate surface area is 101 Å². The summed E-state index contributed by atoms with van der Waals surface area (Å²) in [7, 11) is 0. The van der Waals surface area contributed by atoms with Crippen molar-refractivity contribution in [3.8, 4) is 0 Å². The quantitative estimate of drug-likeness (QED) is 0.786. The van der Waals surface area contributed by atoms with Crippen LogP contribution in [0.3, 0.4) is 0 Å². The van der Waals surface area contributed by atoms with E-state index in [1.807, 2.05) is 48.5 Å². The minimum Gasteiger partial charge on any atom is -0.384 e. The SMILES string of the molecule is C=CC(Nc1cccc(N)n1)c1ccccc1. The molecule has 1 aromatic carbocycles. The van der Waals surface area contributed by atoms with Crippen LogP contribution in [0.5, 0.6) is 0 Å². The van der Waals surface area contributed by atoms with Crippen LogP contribution in [0.1, 0.15) is 11.6 Å². The maximum atomic E-state index is 5.64. The molecule has 0 bridgehead atoms. The summed E-state index contributed by atoms with van der Waals surface area (Å²) >= 11 is 0. The average Bonchev–Trinajstić information content (AvgIpc) is 2.37. The predicted octanol–water partition coefficient (Wildman–Crippen LogP) is 3.00. The van der Waals surface area contributed by atoms with Crippen LogP contribution in [0.2, 0.25) is 0 Å². The summed E-state index contributed by atoms with van der Waals surface area (Å²) in [6.07, 6.45) is 1.85. The van der Waals surface area contributed by atoms with Gasteiger partial charge >= 0.3 is 0 Å². The van der Waals surface area contributed by atoms with Gasteiger partial charge in [-0.2, -0.15) is 0 Å². The lowest BCUT2D eigenvalue weighted by Gasteiger charge is -2.15. The molecule has 1 unspecified atom stereocenters. The van der Waals surface area contributed by atoms with Gasteiger partial charge in [0.1, 0.15) is 11.6 Å². The molecule has 3 N–H and O–H groups in total. The van der Waals surface area contributed by atoms with Crippen LogP contribution in [0, 0.1) is 0 Å². The van der Waals surface area contributed by atoms with Gasteiger partial charge in [0.15, 0.2) is 0 Å². The van der Waals surface area contributed by atoms with Gasteiger partial charge in [0.2, 0.25) is 0 Å². The van der Waals surface area contributed by atoms with E-state index in [0.29, 0.717) is 5.82 Å². The van der Waals surface area contributed by atoms with E-state index in [1.54, 1.807) is 6.07 Å². The Morgan fingerprint density at radius 2 is 1.88 bits per heavy atom. The van der Waals surface area contributed by atoms with Crippen molar-refractivity contribution in [3.05, 3.63) is 66.7 Å². The minimum atomic E-state index is 0.0329. The number of aromatic nitrogens is 1. The van der Waals surface area contributed by atoms with E-state index in [4.69, 9.17) is 5.73 Å². The second-order valence-electron chi connectivity index (χ2n) is 3.72. The molecule has 0 aliphatic rings. The molecule has 3 heteroatoms. The van der Waals surface area contributed by atoms with Crippen LogP contribution in [0.4, 0.5) is 11.6 Å². The monoisotopic (exact) mass is 225 g/mol. The van der Waals surface area contributed by atoms with Crippen molar-refractivity contribution in [1.82, 2.24) is 4.98 Å². The summed E-state index contributed by atoms with van der Waals surface area (Å²) in [5.41, 5.74) is 6.78. The molecule has 1 aromatic heterocycles. The van der Waals surface area contributed by atoms with Gasteiger partial charge in [0.05, 0.1) is 6.04 Å². The third-order valence-corrected chi connectivity index (χ3v) is 2.47. The molecule has 1 atom stereocenters. The van der Waals surface area contributed by atoms with Crippen molar-refractivity contribution in [1.29, 1.82) is 0 Å².